The summed E-state index contributed by atoms with van der Waals surface area (Å²) in [6, 6.07) is 14.8. The molecule has 3 N–H and O–H groups in total. The van der Waals surface area contributed by atoms with Crippen molar-refractivity contribution in [2.24, 2.45) is 0 Å². The maximum absolute atomic E-state index is 13.1. The molecule has 2 aromatic carbocycles. The second-order valence-electron chi connectivity index (χ2n) is 8.49. The highest BCUT2D eigenvalue weighted by Gasteiger charge is 2.22. The molecule has 9 heteroatoms. The van der Waals surface area contributed by atoms with Crippen LogP contribution in [0.25, 0.3) is 11.0 Å². The Morgan fingerprint density at radius 2 is 1.84 bits per heavy atom. The molecule has 0 saturated heterocycles. The first-order valence-corrected chi connectivity index (χ1v) is 12.1. The number of unbranched alkanes of at least 4 members (excludes halogenated alkanes) is 1. The maximum atomic E-state index is 13.1. The smallest absolute Gasteiger partial charge is 0.408 e. The van der Waals surface area contributed by atoms with Gasteiger partial charge in [-0.15, -0.1) is 0 Å². The number of allylic oxidation sites excluding steroid dienone is 1. The number of nitrogens with one attached hydrogen (secondary N) is 3. The molecule has 0 bridgehead atoms. The van der Waals surface area contributed by atoms with Gasteiger partial charge in [0, 0.05) is 29.8 Å². The van der Waals surface area contributed by atoms with Gasteiger partial charge in [-0.05, 0) is 62.4 Å². The van der Waals surface area contributed by atoms with Gasteiger partial charge in [0.25, 0.3) is 0 Å². The molecule has 0 radical (unpaired) electrons. The zero-order valence-electron chi connectivity index (χ0n) is 20.9. The van der Waals surface area contributed by atoms with Crippen LogP contribution in [0.1, 0.15) is 37.3 Å². The van der Waals surface area contributed by atoms with Gasteiger partial charge in [-0.2, -0.15) is 0 Å². The molecule has 3 rings (SSSR count). The predicted octanol–water partition coefficient (Wildman–Crippen LogP) is 4.20. The molecule has 1 heterocycles. The van der Waals surface area contributed by atoms with Crippen LogP contribution in [0.3, 0.4) is 0 Å². The number of benzene rings is 2. The Bertz CT molecular complexity index is 1320. The maximum Gasteiger partial charge on any atom is 0.408 e. The number of anilines is 1. The normalized spacial score (nSPS) is 11.7. The number of rotatable bonds is 11. The van der Waals surface area contributed by atoms with E-state index in [0.717, 1.165) is 16.5 Å². The lowest BCUT2D eigenvalue weighted by Crippen LogP contribution is -2.44. The van der Waals surface area contributed by atoms with E-state index >= 15 is 0 Å². The van der Waals surface area contributed by atoms with Crippen LogP contribution < -0.4 is 21.6 Å². The van der Waals surface area contributed by atoms with Crippen LogP contribution in [-0.4, -0.2) is 30.5 Å². The molecule has 3 aromatic rings. The van der Waals surface area contributed by atoms with Gasteiger partial charge in [0.15, 0.2) is 0 Å². The quantitative estimate of drug-likeness (QED) is 0.204. The molecular weight excluding hydrogens is 474 g/mol. The third kappa shape index (κ3) is 8.64. The number of aryl methyl sites for hydroxylation is 1. The fraction of sp³-hybridized carbons (Fsp3) is 0.286. The Labute approximate surface area is 214 Å². The summed E-state index contributed by atoms with van der Waals surface area (Å²) in [6.07, 6.45) is 3.89. The number of hydrogen-bond donors (Lipinski definition) is 3. The Morgan fingerprint density at radius 1 is 1.05 bits per heavy atom. The van der Waals surface area contributed by atoms with Crippen molar-refractivity contribution in [3.8, 4) is 0 Å². The van der Waals surface area contributed by atoms with Crippen molar-refractivity contribution in [3.05, 3.63) is 88.3 Å². The van der Waals surface area contributed by atoms with Crippen LogP contribution in [0, 0.1) is 6.92 Å². The van der Waals surface area contributed by atoms with Crippen LogP contribution in [0.5, 0.6) is 0 Å². The lowest BCUT2D eigenvalue weighted by atomic mass is 10.1. The lowest BCUT2D eigenvalue weighted by Gasteiger charge is -2.19. The molecule has 0 aliphatic rings. The van der Waals surface area contributed by atoms with Gasteiger partial charge in [-0.25, -0.2) is 9.59 Å². The fourth-order valence-corrected chi connectivity index (χ4v) is 3.70. The zero-order chi connectivity index (χ0) is 26.6. The average Bonchev–Trinajstić information content (AvgIpc) is 2.87. The number of alkyl carbamates (subject to hydrolysis) is 1. The van der Waals surface area contributed by atoms with E-state index in [0.29, 0.717) is 37.1 Å². The first-order valence-electron chi connectivity index (χ1n) is 12.1. The van der Waals surface area contributed by atoms with Crippen LogP contribution in [0.4, 0.5) is 10.5 Å². The van der Waals surface area contributed by atoms with E-state index in [9.17, 15) is 19.2 Å². The largest absolute Gasteiger partial charge is 0.445 e. The highest BCUT2D eigenvalue weighted by atomic mass is 16.5. The van der Waals surface area contributed by atoms with Crippen molar-refractivity contribution in [2.75, 3.05) is 11.9 Å². The first-order chi connectivity index (χ1) is 17.9. The summed E-state index contributed by atoms with van der Waals surface area (Å²) in [7, 11) is 0. The second-order valence-corrected chi connectivity index (χ2v) is 8.49. The summed E-state index contributed by atoms with van der Waals surface area (Å²) in [6.45, 7) is 4.08. The molecule has 0 aliphatic heterocycles. The van der Waals surface area contributed by atoms with E-state index in [1.807, 2.05) is 30.3 Å². The minimum absolute atomic E-state index is 0.0705. The summed E-state index contributed by atoms with van der Waals surface area (Å²) in [5.74, 6) is -0.624. The number of ether oxygens (including phenoxy) is 1. The molecule has 1 atom stereocenters. The topological polar surface area (TPSA) is 127 Å². The van der Waals surface area contributed by atoms with E-state index < -0.39 is 23.7 Å². The van der Waals surface area contributed by atoms with Gasteiger partial charge < -0.3 is 25.1 Å². The van der Waals surface area contributed by atoms with Crippen LogP contribution >= 0.6 is 0 Å². The molecule has 37 heavy (non-hydrogen) atoms. The highest BCUT2D eigenvalue weighted by Crippen LogP contribution is 2.21. The van der Waals surface area contributed by atoms with Crippen molar-refractivity contribution >= 4 is 34.6 Å². The third-order valence-corrected chi connectivity index (χ3v) is 5.58. The Balaban J connectivity index is 1.64. The summed E-state index contributed by atoms with van der Waals surface area (Å²) in [4.78, 5) is 48.8. The van der Waals surface area contributed by atoms with E-state index in [1.54, 1.807) is 38.1 Å². The first kappa shape index (κ1) is 27.2. The molecule has 0 spiro atoms. The van der Waals surface area contributed by atoms with E-state index in [-0.39, 0.29) is 12.5 Å². The average molecular weight is 506 g/mol. The lowest BCUT2D eigenvalue weighted by molar-refractivity contribution is -0.118. The van der Waals surface area contributed by atoms with Crippen molar-refractivity contribution in [1.82, 2.24) is 10.6 Å². The zero-order valence-corrected chi connectivity index (χ0v) is 20.9. The van der Waals surface area contributed by atoms with Crippen molar-refractivity contribution in [3.63, 3.8) is 0 Å². The molecule has 3 amide bonds. The van der Waals surface area contributed by atoms with Gasteiger partial charge in [-0.1, -0.05) is 36.4 Å². The summed E-state index contributed by atoms with van der Waals surface area (Å²) < 4.78 is 10.5. The second kappa shape index (κ2) is 13.6. The van der Waals surface area contributed by atoms with Crippen LogP contribution in [0.2, 0.25) is 0 Å². The molecular formula is C28H31N3O6. The minimum atomic E-state index is -0.880. The van der Waals surface area contributed by atoms with E-state index in [2.05, 4.69) is 16.0 Å². The van der Waals surface area contributed by atoms with E-state index in [4.69, 9.17) is 9.15 Å². The van der Waals surface area contributed by atoms with Gasteiger partial charge in [0.05, 0.1) is 0 Å². The van der Waals surface area contributed by atoms with Crippen molar-refractivity contribution in [2.45, 2.75) is 45.8 Å². The predicted molar refractivity (Wildman–Crippen MR) is 141 cm³/mol. The fourth-order valence-electron chi connectivity index (χ4n) is 3.70. The minimum Gasteiger partial charge on any atom is -0.445 e. The van der Waals surface area contributed by atoms with Gasteiger partial charge in [0.2, 0.25) is 11.8 Å². The number of hydrogen-bond acceptors (Lipinski definition) is 6. The molecule has 194 valence electrons. The molecule has 0 aliphatic carbocycles. The van der Waals surface area contributed by atoms with Crippen LogP contribution in [-0.2, 0) is 20.9 Å². The third-order valence-electron chi connectivity index (χ3n) is 5.58. The van der Waals surface area contributed by atoms with Crippen molar-refractivity contribution in [1.29, 1.82) is 0 Å². The standard InChI is InChI=1S/C28H31N3O6/c1-3-9-25(32)29-15-8-7-12-23(31-28(35)36-18-20-10-5-4-6-11-20)27(34)30-21-13-14-22-19(2)16-26(33)37-24(22)17-21/h3-6,9-11,13-14,16-17,23H,7-8,12,15,18H2,1-2H3,(H,29,32)(H,30,34)(H,31,35)/t23-/m0/s1. The summed E-state index contributed by atoms with van der Waals surface area (Å²) in [5, 5.41) is 8.93. The molecule has 0 unspecified atom stereocenters. The Kier molecular flexibility index (Phi) is 10.0. The molecule has 0 saturated carbocycles. The van der Waals surface area contributed by atoms with Gasteiger partial charge in [0.1, 0.15) is 18.2 Å². The Morgan fingerprint density at radius 3 is 2.59 bits per heavy atom. The van der Waals surface area contributed by atoms with Gasteiger partial charge in [-0.3, -0.25) is 9.59 Å². The number of amides is 3. The monoisotopic (exact) mass is 505 g/mol. The molecule has 9 nitrogen and oxygen atoms in total. The van der Waals surface area contributed by atoms with Crippen LogP contribution in [0.15, 0.2) is 76.0 Å². The SMILES string of the molecule is CC=CC(=O)NCCCC[C@H](NC(=O)OCc1ccccc1)C(=O)Nc1ccc2c(C)cc(=O)oc2c1. The number of carbonyl (C=O) groups is 3. The Hall–Kier alpha value is -4.40. The van der Waals surface area contributed by atoms with E-state index in [1.165, 1.54) is 12.1 Å². The highest BCUT2D eigenvalue weighted by molar-refractivity contribution is 5.98. The molecule has 1 aromatic heterocycles. The number of carbonyl (C=O) groups excluding carboxylic acids is 3. The van der Waals surface area contributed by atoms with Gasteiger partial charge >= 0.3 is 11.7 Å². The summed E-state index contributed by atoms with van der Waals surface area (Å²) >= 11 is 0. The summed E-state index contributed by atoms with van der Waals surface area (Å²) in [5.41, 5.74) is 1.89. The molecule has 0 fully saturated rings. The van der Waals surface area contributed by atoms with Crippen molar-refractivity contribution < 1.29 is 23.5 Å². The number of fused-ring (bicyclic) bond motifs is 1.